The predicted octanol–water partition coefficient (Wildman–Crippen LogP) is 3.75. The van der Waals surface area contributed by atoms with E-state index in [-0.39, 0.29) is 12.1 Å². The van der Waals surface area contributed by atoms with Crippen LogP contribution in [0.5, 0.6) is 0 Å². The Kier molecular flexibility index (Phi) is 4.14. The number of hydrogen-bond donors (Lipinski definition) is 0. The van der Waals surface area contributed by atoms with Crippen LogP contribution in [-0.2, 0) is 28.9 Å². The van der Waals surface area contributed by atoms with E-state index in [0.29, 0.717) is 12.2 Å². The van der Waals surface area contributed by atoms with Gasteiger partial charge in [0.05, 0.1) is 6.61 Å². The molecule has 2 aliphatic rings. The van der Waals surface area contributed by atoms with Gasteiger partial charge in [-0.15, -0.1) is 0 Å². The van der Waals surface area contributed by atoms with E-state index in [1.54, 1.807) is 0 Å². The maximum Gasteiger partial charge on any atom is 0.158 e. The molecule has 19 heavy (non-hydrogen) atoms. The second-order valence-electron chi connectivity index (χ2n) is 5.49. The third-order valence-corrected chi connectivity index (χ3v) is 4.11. The highest BCUT2D eigenvalue weighted by atomic mass is 19.1. The van der Waals surface area contributed by atoms with Crippen molar-refractivity contribution in [2.75, 3.05) is 6.61 Å². The highest BCUT2D eigenvalue weighted by Crippen LogP contribution is 2.27. The van der Waals surface area contributed by atoms with Crippen molar-refractivity contribution in [3.8, 4) is 0 Å². The molecule has 0 spiro atoms. The lowest BCUT2D eigenvalue weighted by molar-refractivity contribution is -0.169. The van der Waals surface area contributed by atoms with Crippen molar-refractivity contribution in [2.45, 2.75) is 57.8 Å². The minimum Gasteiger partial charge on any atom is -0.353 e. The van der Waals surface area contributed by atoms with Gasteiger partial charge in [0.15, 0.2) is 6.29 Å². The van der Waals surface area contributed by atoms with Crippen LogP contribution in [0.25, 0.3) is 0 Å². The summed E-state index contributed by atoms with van der Waals surface area (Å²) < 4.78 is 25.6. The highest BCUT2D eigenvalue weighted by Gasteiger charge is 2.18. The Morgan fingerprint density at radius 1 is 1.16 bits per heavy atom. The zero-order chi connectivity index (χ0) is 13.1. The molecule has 2 nitrogen and oxygen atoms in total. The molecule has 0 aromatic heterocycles. The van der Waals surface area contributed by atoms with Gasteiger partial charge in [-0.25, -0.2) is 4.39 Å². The number of aryl methyl sites for hydroxylation is 1. The average molecular weight is 264 g/mol. The molecule has 1 aromatic rings. The minimum atomic E-state index is -0.149. The third-order valence-electron chi connectivity index (χ3n) is 4.11. The monoisotopic (exact) mass is 264 g/mol. The molecule has 1 fully saturated rings. The molecule has 0 radical (unpaired) electrons. The van der Waals surface area contributed by atoms with Crippen LogP contribution in [0.15, 0.2) is 12.1 Å². The van der Waals surface area contributed by atoms with Gasteiger partial charge in [0.25, 0.3) is 0 Å². The summed E-state index contributed by atoms with van der Waals surface area (Å²) in [5.41, 5.74) is 2.77. The van der Waals surface area contributed by atoms with Crippen LogP contribution in [0.4, 0.5) is 4.39 Å². The van der Waals surface area contributed by atoms with Crippen LogP contribution >= 0.6 is 0 Å². The lowest BCUT2D eigenvalue weighted by Crippen LogP contribution is -2.22. The van der Waals surface area contributed by atoms with Gasteiger partial charge in [-0.2, -0.15) is 0 Å². The Hall–Kier alpha value is -0.930. The van der Waals surface area contributed by atoms with E-state index in [1.807, 2.05) is 6.07 Å². The predicted molar refractivity (Wildman–Crippen MR) is 71.4 cm³/mol. The van der Waals surface area contributed by atoms with E-state index < -0.39 is 0 Å². The summed E-state index contributed by atoms with van der Waals surface area (Å²) in [5, 5.41) is 0. The molecule has 1 unspecified atom stereocenters. The molecule has 1 aromatic carbocycles. The van der Waals surface area contributed by atoms with Crippen molar-refractivity contribution in [3.05, 3.63) is 34.6 Å². The first-order valence-corrected chi connectivity index (χ1v) is 7.37. The molecule has 0 bridgehead atoms. The summed E-state index contributed by atoms with van der Waals surface area (Å²) in [4.78, 5) is 0. The molecule has 0 N–H and O–H groups in total. The number of ether oxygens (including phenoxy) is 2. The molecule has 0 saturated carbocycles. The van der Waals surface area contributed by atoms with Gasteiger partial charge in [0, 0.05) is 12.2 Å². The highest BCUT2D eigenvalue weighted by molar-refractivity contribution is 5.35. The standard InChI is InChI=1S/C16H21FO2/c17-16-13(11-19-15-7-3-4-10-18-15)9-8-12-5-1-2-6-14(12)16/h8-9,15H,1-7,10-11H2. The van der Waals surface area contributed by atoms with Crippen LogP contribution in [0.2, 0.25) is 0 Å². The van der Waals surface area contributed by atoms with Crippen molar-refractivity contribution in [1.82, 2.24) is 0 Å². The molecule has 1 atom stereocenters. The fourth-order valence-electron chi connectivity index (χ4n) is 2.97. The smallest absolute Gasteiger partial charge is 0.158 e. The number of halogens is 1. The molecule has 0 amide bonds. The maximum atomic E-state index is 14.4. The van der Waals surface area contributed by atoms with E-state index in [0.717, 1.165) is 50.7 Å². The SMILES string of the molecule is Fc1c(COC2CCCCO2)ccc2c1CCCC2. The summed E-state index contributed by atoms with van der Waals surface area (Å²) in [6, 6.07) is 3.94. The zero-order valence-electron chi connectivity index (χ0n) is 11.3. The molecule has 1 aliphatic carbocycles. The molecule has 3 rings (SSSR count). The molecule has 1 heterocycles. The summed E-state index contributed by atoms with van der Waals surface area (Å²) in [5.74, 6) is -0.0481. The topological polar surface area (TPSA) is 18.5 Å². The van der Waals surface area contributed by atoms with Gasteiger partial charge < -0.3 is 9.47 Å². The van der Waals surface area contributed by atoms with Crippen molar-refractivity contribution in [2.24, 2.45) is 0 Å². The molecular formula is C16H21FO2. The van der Waals surface area contributed by atoms with Crippen molar-refractivity contribution < 1.29 is 13.9 Å². The first-order chi connectivity index (χ1) is 9.34. The Morgan fingerprint density at radius 3 is 2.89 bits per heavy atom. The normalized spacial score (nSPS) is 23.1. The second kappa shape index (κ2) is 6.02. The minimum absolute atomic E-state index is 0.0481. The second-order valence-corrected chi connectivity index (χ2v) is 5.49. The van der Waals surface area contributed by atoms with E-state index in [2.05, 4.69) is 6.07 Å². The largest absolute Gasteiger partial charge is 0.353 e. The van der Waals surface area contributed by atoms with Crippen molar-refractivity contribution in [1.29, 1.82) is 0 Å². The van der Waals surface area contributed by atoms with Gasteiger partial charge in [0.1, 0.15) is 5.82 Å². The fraction of sp³-hybridized carbons (Fsp3) is 0.625. The van der Waals surface area contributed by atoms with Crippen LogP contribution in [0, 0.1) is 5.82 Å². The first kappa shape index (κ1) is 13.1. The van der Waals surface area contributed by atoms with Crippen LogP contribution in [0.3, 0.4) is 0 Å². The van der Waals surface area contributed by atoms with Gasteiger partial charge >= 0.3 is 0 Å². The van der Waals surface area contributed by atoms with Crippen molar-refractivity contribution in [3.63, 3.8) is 0 Å². The molecular weight excluding hydrogens is 243 g/mol. The van der Waals surface area contributed by atoms with E-state index in [9.17, 15) is 4.39 Å². The Labute approximate surface area is 113 Å². The number of benzene rings is 1. The van der Waals surface area contributed by atoms with E-state index in [1.165, 1.54) is 12.0 Å². The summed E-state index contributed by atoms with van der Waals surface area (Å²) >= 11 is 0. The average Bonchev–Trinajstić information content (AvgIpc) is 2.48. The quantitative estimate of drug-likeness (QED) is 0.828. The van der Waals surface area contributed by atoms with Crippen LogP contribution in [0.1, 0.15) is 48.8 Å². The van der Waals surface area contributed by atoms with Crippen molar-refractivity contribution >= 4 is 0 Å². The molecule has 3 heteroatoms. The van der Waals surface area contributed by atoms with E-state index in [4.69, 9.17) is 9.47 Å². The number of hydrogen-bond acceptors (Lipinski definition) is 2. The molecule has 1 aliphatic heterocycles. The number of fused-ring (bicyclic) bond motifs is 1. The van der Waals surface area contributed by atoms with Gasteiger partial charge in [-0.3, -0.25) is 0 Å². The lowest BCUT2D eigenvalue weighted by Gasteiger charge is -2.23. The Morgan fingerprint density at radius 2 is 2.05 bits per heavy atom. The van der Waals surface area contributed by atoms with E-state index >= 15 is 0 Å². The summed E-state index contributed by atoms with van der Waals surface area (Å²) in [6.07, 6.45) is 7.17. The first-order valence-electron chi connectivity index (χ1n) is 7.37. The van der Waals surface area contributed by atoms with Crippen LogP contribution < -0.4 is 0 Å². The molecule has 104 valence electrons. The van der Waals surface area contributed by atoms with Gasteiger partial charge in [0.2, 0.25) is 0 Å². The third kappa shape index (κ3) is 2.98. The van der Waals surface area contributed by atoms with Crippen LogP contribution in [-0.4, -0.2) is 12.9 Å². The van der Waals surface area contributed by atoms with Gasteiger partial charge in [-0.1, -0.05) is 12.1 Å². The zero-order valence-corrected chi connectivity index (χ0v) is 11.3. The Bertz CT molecular complexity index is 439. The lowest BCUT2D eigenvalue weighted by atomic mass is 9.90. The molecule has 1 saturated heterocycles. The Balaban J connectivity index is 1.67. The summed E-state index contributed by atoms with van der Waals surface area (Å²) in [6.45, 7) is 1.08. The maximum absolute atomic E-state index is 14.4. The fourth-order valence-corrected chi connectivity index (χ4v) is 2.97. The number of rotatable bonds is 3. The van der Waals surface area contributed by atoms with Gasteiger partial charge in [-0.05, 0) is 56.1 Å². The summed E-state index contributed by atoms with van der Waals surface area (Å²) in [7, 11) is 0.